The number of benzene rings is 3. The topological polar surface area (TPSA) is 102 Å². The maximum Gasteiger partial charge on any atom is 0.303 e. The maximum atomic E-state index is 15.4. The van der Waals surface area contributed by atoms with Crippen molar-refractivity contribution in [1.82, 2.24) is 0 Å². The summed E-state index contributed by atoms with van der Waals surface area (Å²) in [6.45, 7) is 6.96. The van der Waals surface area contributed by atoms with Gasteiger partial charge in [-0.1, -0.05) is 0 Å². The van der Waals surface area contributed by atoms with Crippen LogP contribution in [0.2, 0.25) is 0 Å². The van der Waals surface area contributed by atoms with Gasteiger partial charge in [-0.25, -0.2) is 36.4 Å². The van der Waals surface area contributed by atoms with Gasteiger partial charge in [0.2, 0.25) is 0 Å². The van der Waals surface area contributed by atoms with Crippen LogP contribution in [0.5, 0.6) is 0 Å². The van der Waals surface area contributed by atoms with Gasteiger partial charge in [0.15, 0.2) is 45.9 Å². The van der Waals surface area contributed by atoms with Crippen molar-refractivity contribution in [1.29, 1.82) is 15.8 Å². The monoisotopic (exact) mass is 492 g/mol. The fourth-order valence-electron chi connectivity index (χ4n) is 4.00. The Labute approximate surface area is 193 Å². The Kier molecular flexibility index (Phi) is 4.67. The molecule has 0 saturated heterocycles. The van der Waals surface area contributed by atoms with Gasteiger partial charge in [0.05, 0.1) is 34.2 Å². The van der Waals surface area contributed by atoms with Gasteiger partial charge in [-0.2, -0.15) is 10.5 Å². The molecule has 2 aromatic heterocycles. The number of halogens is 6. The molecule has 0 aliphatic carbocycles. The van der Waals surface area contributed by atoms with Crippen LogP contribution in [0.3, 0.4) is 0 Å². The molecule has 0 saturated carbocycles. The van der Waals surface area contributed by atoms with E-state index in [1.54, 1.807) is 0 Å². The molecular formula is C24H2F6N4O2. The van der Waals surface area contributed by atoms with Crippen LogP contribution in [0.4, 0.5) is 26.3 Å². The van der Waals surface area contributed by atoms with E-state index >= 15 is 17.6 Å². The Balaban J connectivity index is 2.18. The third-order valence-corrected chi connectivity index (χ3v) is 5.52. The molecule has 5 rings (SSSR count). The van der Waals surface area contributed by atoms with Crippen molar-refractivity contribution in [3.05, 3.63) is 69.3 Å². The highest BCUT2D eigenvalue weighted by atomic mass is 19.2. The van der Waals surface area contributed by atoms with Gasteiger partial charge in [0.25, 0.3) is 0 Å². The number of hydrogen-bond acceptors (Lipinski definition) is 5. The standard InChI is InChI=1S/C24H2F6N4O2/c1-34-10(6-33)12-3-9-18(26)20(28)14-13-15(21(29)22(30)16(14)24(9)36-12)23-8(17(25)19(13)27)2-11(35-23)7(4-31)5-32/h2-3H/b12-10+. The normalized spacial score (nSPS) is 11.9. The number of nitrogens with zero attached hydrogens (tertiary/aromatic N) is 4. The molecule has 12 heteroatoms. The molecule has 5 aromatic rings. The lowest BCUT2D eigenvalue weighted by molar-refractivity contribution is 0.506. The number of hydrogen-bond donors (Lipinski definition) is 0. The predicted octanol–water partition coefficient (Wildman–Crippen LogP) is 5.07. The highest BCUT2D eigenvalue weighted by Gasteiger charge is 2.31. The van der Waals surface area contributed by atoms with Gasteiger partial charge in [0.1, 0.15) is 28.7 Å². The Morgan fingerprint density at radius 3 is 1.47 bits per heavy atom. The van der Waals surface area contributed by atoms with Gasteiger partial charge >= 0.3 is 5.70 Å². The van der Waals surface area contributed by atoms with E-state index in [9.17, 15) is 8.78 Å². The number of furan rings is 2. The fourth-order valence-corrected chi connectivity index (χ4v) is 4.00. The van der Waals surface area contributed by atoms with E-state index in [0.29, 0.717) is 12.1 Å². The largest absolute Gasteiger partial charge is 0.466 e. The van der Waals surface area contributed by atoms with Crippen LogP contribution in [0.15, 0.2) is 21.0 Å². The summed E-state index contributed by atoms with van der Waals surface area (Å²) in [6, 6.07) is 5.73. The molecule has 6 nitrogen and oxygen atoms in total. The second-order valence-corrected chi connectivity index (χ2v) is 7.26. The quantitative estimate of drug-likeness (QED) is 0.171. The van der Waals surface area contributed by atoms with E-state index in [1.807, 2.05) is 0 Å². The van der Waals surface area contributed by atoms with Crippen molar-refractivity contribution < 1.29 is 35.2 Å². The first-order chi connectivity index (χ1) is 17.2. The number of nitriles is 3. The van der Waals surface area contributed by atoms with E-state index in [-0.39, 0.29) is 0 Å². The van der Waals surface area contributed by atoms with Crippen molar-refractivity contribution in [2.24, 2.45) is 0 Å². The molecule has 172 valence electrons. The Hall–Kier alpha value is -5.46. The smallest absolute Gasteiger partial charge is 0.303 e. The Morgan fingerprint density at radius 1 is 0.639 bits per heavy atom. The summed E-state index contributed by atoms with van der Waals surface area (Å²) in [5, 5.41) is 20.8. The summed E-state index contributed by atoms with van der Waals surface area (Å²) in [7, 11) is 0. The van der Waals surface area contributed by atoms with Crippen LogP contribution >= 0.6 is 0 Å². The van der Waals surface area contributed by atoms with Crippen molar-refractivity contribution in [3.8, 4) is 18.2 Å². The van der Waals surface area contributed by atoms with Gasteiger partial charge < -0.3 is 8.83 Å². The fraction of sp³-hybridized carbons (Fsp3) is 0. The van der Waals surface area contributed by atoms with E-state index < -0.39 is 100 Å². The molecule has 0 spiro atoms. The van der Waals surface area contributed by atoms with Gasteiger partial charge in [-0.3, -0.25) is 0 Å². The van der Waals surface area contributed by atoms with Gasteiger partial charge in [-0.15, -0.1) is 0 Å². The summed E-state index contributed by atoms with van der Waals surface area (Å²) in [4.78, 5) is 2.84. The lowest BCUT2D eigenvalue weighted by Crippen LogP contribution is -2.00. The third-order valence-electron chi connectivity index (χ3n) is 5.52. The molecule has 0 bridgehead atoms. The van der Waals surface area contributed by atoms with Crippen LogP contribution in [0.1, 0.15) is 0 Å². The maximum absolute atomic E-state index is 15.4. The van der Waals surface area contributed by atoms with E-state index in [0.717, 1.165) is 0 Å². The summed E-state index contributed by atoms with van der Waals surface area (Å²) >= 11 is 0. The minimum Gasteiger partial charge on any atom is -0.466 e. The molecule has 0 radical (unpaired) electrons. The molecule has 0 amide bonds. The highest BCUT2D eigenvalue weighted by molar-refractivity contribution is 6.21. The van der Waals surface area contributed by atoms with Crippen molar-refractivity contribution in [3.63, 3.8) is 0 Å². The molecule has 0 atom stereocenters. The summed E-state index contributed by atoms with van der Waals surface area (Å²) in [6.07, 6.45) is 0. The molecule has 2 heterocycles. The lowest BCUT2D eigenvalue weighted by atomic mass is 9.96. The molecule has 0 unspecified atom stereocenters. The van der Waals surface area contributed by atoms with E-state index in [1.165, 1.54) is 18.2 Å². The molecule has 36 heavy (non-hydrogen) atoms. The first kappa shape index (κ1) is 22.3. The average Bonchev–Trinajstić information content (AvgIpc) is 3.50. The summed E-state index contributed by atoms with van der Waals surface area (Å²) in [5.74, 6) is -11.0. The zero-order chi connectivity index (χ0) is 26.0. The number of rotatable bonds is 0. The molecule has 0 fully saturated rings. The molecular weight excluding hydrogens is 490 g/mol. The van der Waals surface area contributed by atoms with Crippen LogP contribution in [-0.4, -0.2) is 0 Å². The minimum absolute atomic E-state index is 0.595. The third kappa shape index (κ3) is 2.64. The zero-order valence-corrected chi connectivity index (χ0v) is 17.0. The van der Waals surface area contributed by atoms with Crippen LogP contribution in [-0.2, 0) is 0 Å². The Bertz CT molecular complexity index is 1980. The molecule has 0 aliphatic heterocycles. The molecule has 0 aliphatic rings. The van der Waals surface area contributed by atoms with Crippen molar-refractivity contribution in [2.75, 3.05) is 0 Å². The second-order valence-electron chi connectivity index (χ2n) is 7.26. The predicted molar refractivity (Wildman–Crippen MR) is 110 cm³/mol. The number of fused-ring (bicyclic) bond motifs is 7. The Morgan fingerprint density at radius 2 is 1.06 bits per heavy atom. The van der Waals surface area contributed by atoms with Crippen LogP contribution in [0.25, 0.3) is 59.6 Å². The van der Waals surface area contributed by atoms with E-state index in [2.05, 4.69) is 4.85 Å². The van der Waals surface area contributed by atoms with Crippen LogP contribution in [0, 0.1) is 75.5 Å². The minimum atomic E-state index is -1.90. The molecule has 3 aromatic carbocycles. The van der Waals surface area contributed by atoms with Gasteiger partial charge in [0, 0.05) is 10.8 Å². The van der Waals surface area contributed by atoms with Crippen molar-refractivity contribution >= 4 is 54.8 Å². The zero-order valence-electron chi connectivity index (χ0n) is 17.0. The van der Waals surface area contributed by atoms with E-state index in [4.69, 9.17) is 31.2 Å². The van der Waals surface area contributed by atoms with Crippen LogP contribution < -0.4 is 10.8 Å². The summed E-state index contributed by atoms with van der Waals surface area (Å²) in [5.41, 5.74) is -4.34. The summed E-state index contributed by atoms with van der Waals surface area (Å²) < 4.78 is 102. The molecule has 0 N–H and O–H groups in total. The SMILES string of the molecule is [C-]#[N+]/C(C#N)=c1\cc2c(F)c(F)c3c(c(F)c(F)c4c5oc(=C(C#N)C#N)cc5c(F)c(F)c43)c2o1. The lowest BCUT2D eigenvalue weighted by Gasteiger charge is -2.12. The average molecular weight is 492 g/mol. The highest BCUT2D eigenvalue weighted by Crippen LogP contribution is 2.43. The van der Waals surface area contributed by atoms with Crippen molar-refractivity contribution in [2.45, 2.75) is 0 Å². The first-order valence-electron chi connectivity index (χ1n) is 9.47. The van der Waals surface area contributed by atoms with Gasteiger partial charge in [-0.05, 0) is 12.1 Å². The first-order valence-corrected chi connectivity index (χ1v) is 9.47. The second kappa shape index (κ2) is 7.53.